The lowest BCUT2D eigenvalue weighted by Gasteiger charge is -2.27. The monoisotopic (exact) mass is 291 g/mol. The molecule has 0 amide bonds. The maximum atomic E-state index is 13.9. The minimum atomic E-state index is -0.357. The average Bonchev–Trinajstić information content (AvgIpc) is 2.42. The van der Waals surface area contributed by atoms with E-state index in [1.165, 1.54) is 11.6 Å². The Labute approximate surface area is 122 Å². The van der Waals surface area contributed by atoms with Crippen LogP contribution in [0.2, 0.25) is 5.02 Å². The van der Waals surface area contributed by atoms with E-state index in [0.717, 1.165) is 24.8 Å². The van der Waals surface area contributed by atoms with Crippen LogP contribution >= 0.6 is 11.6 Å². The summed E-state index contributed by atoms with van der Waals surface area (Å²) in [5, 5.41) is 13.2. The highest BCUT2D eigenvalue weighted by molar-refractivity contribution is 6.30. The normalized spacial score (nSPS) is 17.6. The van der Waals surface area contributed by atoms with Crippen LogP contribution in [0, 0.1) is 5.82 Å². The number of anilines is 1. The van der Waals surface area contributed by atoms with Crippen LogP contribution in [0.25, 0.3) is 0 Å². The van der Waals surface area contributed by atoms with Gasteiger partial charge < -0.3 is 10.4 Å². The Morgan fingerprint density at radius 2 is 2.05 bits per heavy atom. The van der Waals surface area contributed by atoms with Gasteiger partial charge in [-0.15, -0.1) is 0 Å². The summed E-state index contributed by atoms with van der Waals surface area (Å²) in [6.07, 6.45) is 2.96. The van der Waals surface area contributed by atoms with Gasteiger partial charge in [0.05, 0.1) is 11.7 Å². The topological polar surface area (TPSA) is 32.3 Å². The van der Waals surface area contributed by atoms with Crippen LogP contribution in [0.1, 0.15) is 30.0 Å². The number of aryl methyl sites for hydroxylation is 1. The van der Waals surface area contributed by atoms with Crippen molar-refractivity contribution in [3.8, 4) is 5.75 Å². The Morgan fingerprint density at radius 3 is 2.85 bits per heavy atom. The van der Waals surface area contributed by atoms with E-state index in [1.54, 1.807) is 24.3 Å². The fourth-order valence-electron chi connectivity index (χ4n) is 2.73. The van der Waals surface area contributed by atoms with Gasteiger partial charge in [0.15, 0.2) is 0 Å². The molecule has 0 saturated carbocycles. The lowest BCUT2D eigenvalue weighted by molar-refractivity contribution is 0.471. The molecule has 0 heterocycles. The predicted molar refractivity (Wildman–Crippen MR) is 78.8 cm³/mol. The average molecular weight is 292 g/mol. The molecule has 4 heteroatoms. The lowest BCUT2D eigenvalue weighted by atomic mass is 9.87. The van der Waals surface area contributed by atoms with Crippen molar-refractivity contribution in [2.45, 2.75) is 25.3 Å². The van der Waals surface area contributed by atoms with Gasteiger partial charge in [0.2, 0.25) is 0 Å². The number of aromatic hydroxyl groups is 1. The molecule has 0 fully saturated rings. The van der Waals surface area contributed by atoms with E-state index in [4.69, 9.17) is 11.6 Å². The molecule has 2 nitrogen and oxygen atoms in total. The Kier molecular flexibility index (Phi) is 3.53. The fourth-order valence-corrected chi connectivity index (χ4v) is 2.89. The second-order valence-corrected chi connectivity index (χ2v) is 5.53. The van der Waals surface area contributed by atoms with E-state index >= 15 is 0 Å². The van der Waals surface area contributed by atoms with Gasteiger partial charge in [-0.3, -0.25) is 0 Å². The number of hydrogen-bond donors (Lipinski definition) is 2. The Balaban J connectivity index is 1.91. The van der Waals surface area contributed by atoms with Crippen LogP contribution < -0.4 is 5.32 Å². The van der Waals surface area contributed by atoms with E-state index in [9.17, 15) is 9.50 Å². The van der Waals surface area contributed by atoms with Gasteiger partial charge in [-0.25, -0.2) is 4.39 Å². The molecule has 2 aromatic rings. The molecule has 0 aliphatic heterocycles. The first-order valence-electron chi connectivity index (χ1n) is 6.67. The van der Waals surface area contributed by atoms with Crippen molar-refractivity contribution in [3.63, 3.8) is 0 Å². The summed E-state index contributed by atoms with van der Waals surface area (Å²) in [5.74, 6) is -0.112. The molecule has 1 unspecified atom stereocenters. The molecule has 20 heavy (non-hydrogen) atoms. The third-order valence-electron chi connectivity index (χ3n) is 3.70. The van der Waals surface area contributed by atoms with Crippen molar-refractivity contribution in [3.05, 3.63) is 58.4 Å². The molecule has 2 aromatic carbocycles. The van der Waals surface area contributed by atoms with Gasteiger partial charge >= 0.3 is 0 Å². The van der Waals surface area contributed by atoms with E-state index in [2.05, 4.69) is 5.32 Å². The fraction of sp³-hybridized carbons (Fsp3) is 0.250. The van der Waals surface area contributed by atoms with Crippen molar-refractivity contribution in [2.24, 2.45) is 0 Å². The van der Waals surface area contributed by atoms with Crippen molar-refractivity contribution in [1.82, 2.24) is 0 Å². The molecular weight excluding hydrogens is 277 g/mol. The van der Waals surface area contributed by atoms with Crippen molar-refractivity contribution in [1.29, 1.82) is 0 Å². The minimum Gasteiger partial charge on any atom is -0.508 e. The molecule has 1 aliphatic carbocycles. The molecule has 0 spiro atoms. The summed E-state index contributed by atoms with van der Waals surface area (Å²) in [6.45, 7) is 0. The van der Waals surface area contributed by atoms with Gasteiger partial charge in [0, 0.05) is 5.02 Å². The maximum absolute atomic E-state index is 13.9. The Hall–Kier alpha value is -1.74. The van der Waals surface area contributed by atoms with Crippen molar-refractivity contribution in [2.75, 3.05) is 5.32 Å². The molecule has 0 radical (unpaired) electrons. The largest absolute Gasteiger partial charge is 0.508 e. The van der Waals surface area contributed by atoms with Gasteiger partial charge in [-0.1, -0.05) is 17.7 Å². The molecule has 0 aromatic heterocycles. The number of phenolic OH excluding ortho intramolecular Hbond substituents is 1. The SMILES string of the molecule is Oc1ccc2c(c1)C(Nc1ccc(Cl)cc1F)CCC2. The minimum absolute atomic E-state index is 0.0153. The first-order chi connectivity index (χ1) is 9.63. The summed E-state index contributed by atoms with van der Waals surface area (Å²) in [5.41, 5.74) is 2.70. The summed E-state index contributed by atoms with van der Waals surface area (Å²) < 4.78 is 13.9. The number of rotatable bonds is 2. The predicted octanol–water partition coefficient (Wildman–Crippen LogP) is 4.67. The third kappa shape index (κ3) is 2.59. The van der Waals surface area contributed by atoms with E-state index in [-0.39, 0.29) is 17.6 Å². The highest BCUT2D eigenvalue weighted by atomic mass is 35.5. The van der Waals surface area contributed by atoms with E-state index < -0.39 is 0 Å². The highest BCUT2D eigenvalue weighted by Gasteiger charge is 2.21. The first-order valence-corrected chi connectivity index (χ1v) is 7.04. The molecule has 0 bridgehead atoms. The quantitative estimate of drug-likeness (QED) is 0.842. The molecule has 0 saturated heterocycles. The maximum Gasteiger partial charge on any atom is 0.147 e. The number of halogens is 2. The van der Waals surface area contributed by atoms with Crippen LogP contribution in [0.5, 0.6) is 5.75 Å². The Bertz CT molecular complexity index is 644. The number of hydrogen-bond acceptors (Lipinski definition) is 2. The second-order valence-electron chi connectivity index (χ2n) is 5.10. The van der Waals surface area contributed by atoms with Gasteiger partial charge in [-0.05, 0) is 60.7 Å². The van der Waals surface area contributed by atoms with Gasteiger partial charge in [0.25, 0.3) is 0 Å². The molecule has 1 atom stereocenters. The smallest absolute Gasteiger partial charge is 0.147 e. The number of benzene rings is 2. The molecule has 3 rings (SSSR count). The van der Waals surface area contributed by atoms with Crippen LogP contribution in [0.3, 0.4) is 0 Å². The lowest BCUT2D eigenvalue weighted by Crippen LogP contribution is -2.17. The number of phenols is 1. The molecule has 104 valence electrons. The third-order valence-corrected chi connectivity index (χ3v) is 3.94. The van der Waals surface area contributed by atoms with Crippen LogP contribution in [-0.2, 0) is 6.42 Å². The second kappa shape index (κ2) is 5.33. The van der Waals surface area contributed by atoms with Gasteiger partial charge in [0.1, 0.15) is 11.6 Å². The van der Waals surface area contributed by atoms with Crippen molar-refractivity contribution < 1.29 is 9.50 Å². The summed E-state index contributed by atoms with van der Waals surface area (Å²) in [4.78, 5) is 0. The Morgan fingerprint density at radius 1 is 1.20 bits per heavy atom. The molecule has 1 aliphatic rings. The zero-order chi connectivity index (χ0) is 14.1. The summed E-state index contributed by atoms with van der Waals surface area (Å²) >= 11 is 5.76. The standard InChI is InChI=1S/C16H15ClFNO/c17-11-5-7-16(14(18)8-11)19-15-3-1-2-10-4-6-12(20)9-13(10)15/h4-9,15,19-20H,1-3H2. The van der Waals surface area contributed by atoms with Gasteiger partial charge in [-0.2, -0.15) is 0 Å². The van der Waals surface area contributed by atoms with Crippen LogP contribution in [0.4, 0.5) is 10.1 Å². The summed E-state index contributed by atoms with van der Waals surface area (Å²) in [7, 11) is 0. The zero-order valence-corrected chi connectivity index (χ0v) is 11.6. The van der Waals surface area contributed by atoms with Crippen molar-refractivity contribution >= 4 is 17.3 Å². The van der Waals surface area contributed by atoms with E-state index in [0.29, 0.717) is 10.7 Å². The van der Waals surface area contributed by atoms with E-state index in [1.807, 2.05) is 6.07 Å². The zero-order valence-electron chi connectivity index (χ0n) is 10.9. The number of nitrogens with one attached hydrogen (secondary N) is 1. The summed E-state index contributed by atoms with van der Waals surface area (Å²) in [6, 6.07) is 10.0. The highest BCUT2D eigenvalue weighted by Crippen LogP contribution is 2.35. The molecular formula is C16H15ClFNO. The number of fused-ring (bicyclic) bond motifs is 1. The van der Waals surface area contributed by atoms with Crippen LogP contribution in [-0.4, -0.2) is 5.11 Å². The van der Waals surface area contributed by atoms with Crippen LogP contribution in [0.15, 0.2) is 36.4 Å². The first kappa shape index (κ1) is 13.3. The molecule has 2 N–H and O–H groups in total.